The van der Waals surface area contributed by atoms with Crippen LogP contribution in [0, 0.1) is 0 Å². The van der Waals surface area contributed by atoms with Gasteiger partial charge >= 0.3 is 0 Å². The molecule has 1 saturated heterocycles. The molecule has 3 aromatic heterocycles. The normalized spacial score (nSPS) is 30.2. The number of aromatic nitrogens is 4. The van der Waals surface area contributed by atoms with Crippen LogP contribution in [-0.4, -0.2) is 59.3 Å². The van der Waals surface area contributed by atoms with Crippen molar-refractivity contribution in [3.8, 4) is 11.3 Å². The Balaban J connectivity index is 1.83. The van der Waals surface area contributed by atoms with Gasteiger partial charge in [-0.25, -0.2) is 9.97 Å². The molecule has 0 spiro atoms. The molecule has 0 aliphatic carbocycles. The minimum absolute atomic E-state index is 0.378. The number of aromatic amines is 1. The van der Waals surface area contributed by atoms with Gasteiger partial charge in [0.05, 0.1) is 12.3 Å². The molecular formula is C16H18N4O4. The number of hydrogen-bond donors (Lipinski definition) is 4. The lowest BCUT2D eigenvalue weighted by molar-refractivity contribution is -0.0948. The van der Waals surface area contributed by atoms with E-state index in [1.807, 2.05) is 24.5 Å². The van der Waals surface area contributed by atoms with Crippen LogP contribution in [-0.2, 0) is 4.74 Å². The van der Waals surface area contributed by atoms with Gasteiger partial charge in [0.15, 0.2) is 6.23 Å². The molecule has 0 saturated carbocycles. The summed E-state index contributed by atoms with van der Waals surface area (Å²) >= 11 is 0. The molecule has 0 unspecified atom stereocenters. The Morgan fingerprint density at radius 2 is 2.21 bits per heavy atom. The van der Waals surface area contributed by atoms with Crippen LogP contribution >= 0.6 is 0 Å². The Kier molecular flexibility index (Phi) is 3.43. The second-order valence-electron chi connectivity index (χ2n) is 6.16. The zero-order valence-electron chi connectivity index (χ0n) is 13.0. The SMILES string of the molecule is C[C@]1(O)[C@H](O)[C@@H](CO)O[C@H]1n1ccc2c(-c3cc[nH]c3)ncnc21. The third-order valence-corrected chi connectivity index (χ3v) is 4.57. The van der Waals surface area contributed by atoms with Crippen LogP contribution in [0.4, 0.5) is 0 Å². The molecular weight excluding hydrogens is 312 g/mol. The van der Waals surface area contributed by atoms with Gasteiger partial charge in [0, 0.05) is 29.5 Å². The first-order valence-electron chi connectivity index (χ1n) is 7.65. The lowest BCUT2D eigenvalue weighted by Gasteiger charge is -2.27. The molecule has 8 heteroatoms. The standard InChI is InChI=1S/C16H18N4O4/c1-16(23)13(22)11(7-21)24-15(16)20-5-3-10-12(9-2-4-17-6-9)18-8-19-14(10)20/h2-6,8,11,13,15,17,21-23H,7H2,1H3/t11-,13-,15-,16+/m1/s1. The van der Waals surface area contributed by atoms with Gasteiger partial charge in [-0.15, -0.1) is 0 Å². The third-order valence-electron chi connectivity index (χ3n) is 4.57. The molecule has 0 bridgehead atoms. The van der Waals surface area contributed by atoms with Crippen molar-refractivity contribution in [2.24, 2.45) is 0 Å². The van der Waals surface area contributed by atoms with Crippen molar-refractivity contribution in [2.75, 3.05) is 6.61 Å². The Labute approximate surface area is 137 Å². The van der Waals surface area contributed by atoms with Gasteiger partial charge in [-0.3, -0.25) is 0 Å². The highest BCUT2D eigenvalue weighted by atomic mass is 16.6. The van der Waals surface area contributed by atoms with E-state index in [1.54, 1.807) is 10.8 Å². The number of nitrogens with one attached hydrogen (secondary N) is 1. The predicted molar refractivity (Wildman–Crippen MR) is 84.9 cm³/mol. The van der Waals surface area contributed by atoms with Crippen LogP contribution in [0.1, 0.15) is 13.2 Å². The van der Waals surface area contributed by atoms with Gasteiger partial charge in [0.2, 0.25) is 0 Å². The number of fused-ring (bicyclic) bond motifs is 1. The Morgan fingerprint density at radius 3 is 2.88 bits per heavy atom. The lowest BCUT2D eigenvalue weighted by atomic mass is 9.96. The number of rotatable bonds is 3. The quantitative estimate of drug-likeness (QED) is 0.553. The molecule has 126 valence electrons. The minimum Gasteiger partial charge on any atom is -0.394 e. The minimum atomic E-state index is -1.56. The molecule has 8 nitrogen and oxygen atoms in total. The summed E-state index contributed by atoms with van der Waals surface area (Å²) in [6.45, 7) is 1.11. The van der Waals surface area contributed by atoms with E-state index in [9.17, 15) is 15.3 Å². The van der Waals surface area contributed by atoms with Crippen molar-refractivity contribution >= 4 is 11.0 Å². The first-order chi connectivity index (χ1) is 11.5. The van der Waals surface area contributed by atoms with Crippen LogP contribution in [0.5, 0.6) is 0 Å². The molecule has 4 N–H and O–H groups in total. The van der Waals surface area contributed by atoms with Gasteiger partial charge in [-0.2, -0.15) is 0 Å². The molecule has 0 radical (unpaired) electrons. The summed E-state index contributed by atoms with van der Waals surface area (Å²) in [5, 5.41) is 31.0. The van der Waals surface area contributed by atoms with Crippen molar-refractivity contribution in [3.05, 3.63) is 37.1 Å². The van der Waals surface area contributed by atoms with Crippen molar-refractivity contribution < 1.29 is 20.1 Å². The summed E-state index contributed by atoms with van der Waals surface area (Å²) in [6.07, 6.45) is 3.92. The molecule has 1 aliphatic heterocycles. The molecule has 4 heterocycles. The first-order valence-corrected chi connectivity index (χ1v) is 7.65. The Hall–Kier alpha value is -2.26. The number of aliphatic hydroxyl groups excluding tert-OH is 2. The highest BCUT2D eigenvalue weighted by molar-refractivity contribution is 5.90. The maximum Gasteiger partial charge on any atom is 0.167 e. The molecule has 1 fully saturated rings. The van der Waals surface area contributed by atoms with Crippen molar-refractivity contribution in [1.29, 1.82) is 0 Å². The van der Waals surface area contributed by atoms with E-state index in [-0.39, 0.29) is 6.61 Å². The summed E-state index contributed by atoms with van der Waals surface area (Å²) < 4.78 is 7.33. The molecule has 4 rings (SSSR count). The largest absolute Gasteiger partial charge is 0.394 e. The van der Waals surface area contributed by atoms with E-state index in [1.165, 1.54) is 13.3 Å². The lowest BCUT2D eigenvalue weighted by Crippen LogP contribution is -2.44. The van der Waals surface area contributed by atoms with Crippen LogP contribution in [0.15, 0.2) is 37.1 Å². The van der Waals surface area contributed by atoms with Crippen LogP contribution < -0.4 is 0 Å². The summed E-state index contributed by atoms with van der Waals surface area (Å²) in [6, 6.07) is 3.75. The van der Waals surface area contributed by atoms with Crippen molar-refractivity contribution in [2.45, 2.75) is 31.0 Å². The van der Waals surface area contributed by atoms with E-state index < -0.39 is 24.0 Å². The smallest absolute Gasteiger partial charge is 0.167 e. The second kappa shape index (κ2) is 5.38. The maximum atomic E-state index is 10.7. The van der Waals surface area contributed by atoms with E-state index in [2.05, 4.69) is 15.0 Å². The second-order valence-corrected chi connectivity index (χ2v) is 6.16. The Bertz CT molecular complexity index is 858. The van der Waals surface area contributed by atoms with Gasteiger partial charge < -0.3 is 29.6 Å². The molecule has 1 aliphatic rings. The average molecular weight is 330 g/mol. The summed E-state index contributed by atoms with van der Waals surface area (Å²) in [4.78, 5) is 11.6. The third kappa shape index (κ3) is 2.08. The van der Waals surface area contributed by atoms with E-state index in [4.69, 9.17) is 4.74 Å². The highest BCUT2D eigenvalue weighted by Crippen LogP contribution is 2.40. The maximum absolute atomic E-state index is 10.7. The molecule has 0 aromatic carbocycles. The highest BCUT2D eigenvalue weighted by Gasteiger charge is 2.53. The monoisotopic (exact) mass is 330 g/mol. The van der Waals surface area contributed by atoms with Crippen LogP contribution in [0.2, 0.25) is 0 Å². The zero-order chi connectivity index (χ0) is 16.9. The number of ether oxygens (including phenoxy) is 1. The molecule has 0 amide bonds. The van der Waals surface area contributed by atoms with Gasteiger partial charge in [0.1, 0.15) is 29.8 Å². The number of hydrogen-bond acceptors (Lipinski definition) is 6. The fourth-order valence-corrected chi connectivity index (χ4v) is 3.25. The zero-order valence-corrected chi connectivity index (χ0v) is 13.0. The number of aliphatic hydroxyl groups is 3. The van der Waals surface area contributed by atoms with Crippen molar-refractivity contribution in [1.82, 2.24) is 19.5 Å². The molecule has 24 heavy (non-hydrogen) atoms. The van der Waals surface area contributed by atoms with Crippen LogP contribution in [0.3, 0.4) is 0 Å². The first kappa shape index (κ1) is 15.3. The van der Waals surface area contributed by atoms with E-state index in [0.717, 1.165) is 16.6 Å². The average Bonchev–Trinajstić information content (AvgIpc) is 3.28. The summed E-state index contributed by atoms with van der Waals surface area (Å²) in [5.41, 5.74) is 0.708. The van der Waals surface area contributed by atoms with Crippen molar-refractivity contribution in [3.63, 3.8) is 0 Å². The number of H-pyrrole nitrogens is 1. The summed E-state index contributed by atoms with van der Waals surface area (Å²) in [7, 11) is 0. The fraction of sp³-hybridized carbons (Fsp3) is 0.375. The Morgan fingerprint density at radius 1 is 1.38 bits per heavy atom. The molecule has 3 aromatic rings. The fourth-order valence-electron chi connectivity index (χ4n) is 3.25. The van der Waals surface area contributed by atoms with E-state index >= 15 is 0 Å². The van der Waals surface area contributed by atoms with Gasteiger partial charge in [0.25, 0.3) is 0 Å². The molecule has 4 atom stereocenters. The topological polar surface area (TPSA) is 116 Å². The summed E-state index contributed by atoms with van der Waals surface area (Å²) in [5.74, 6) is 0. The predicted octanol–water partition coefficient (Wildman–Crippen LogP) is 0.428. The number of nitrogens with zero attached hydrogens (tertiary/aromatic N) is 3. The van der Waals surface area contributed by atoms with Crippen LogP contribution in [0.25, 0.3) is 22.3 Å². The van der Waals surface area contributed by atoms with Gasteiger partial charge in [-0.05, 0) is 19.1 Å². The van der Waals surface area contributed by atoms with E-state index in [0.29, 0.717) is 5.65 Å². The van der Waals surface area contributed by atoms with Gasteiger partial charge in [-0.1, -0.05) is 0 Å².